The molecule has 3 heteroatoms. The summed E-state index contributed by atoms with van der Waals surface area (Å²) in [6.07, 6.45) is 0.962. The highest BCUT2D eigenvalue weighted by Crippen LogP contribution is 2.25. The van der Waals surface area contributed by atoms with Gasteiger partial charge in [-0.25, -0.2) is 0 Å². The summed E-state index contributed by atoms with van der Waals surface area (Å²) < 4.78 is 6.68. The highest BCUT2D eigenvalue weighted by molar-refractivity contribution is 9.10. The molecule has 0 amide bonds. The van der Waals surface area contributed by atoms with Crippen molar-refractivity contribution in [1.82, 2.24) is 5.32 Å². The van der Waals surface area contributed by atoms with E-state index in [0.29, 0.717) is 12.6 Å². The number of likely N-dealkylation sites (N-methyl/N-ethyl adjacent to an activating group) is 1. The van der Waals surface area contributed by atoms with Crippen molar-refractivity contribution >= 4 is 15.9 Å². The van der Waals surface area contributed by atoms with Crippen LogP contribution < -0.4 is 10.1 Å². The molecule has 0 saturated heterocycles. The number of ether oxygens (including phenoxy) is 1. The van der Waals surface area contributed by atoms with Gasteiger partial charge in [-0.3, -0.25) is 0 Å². The zero-order chi connectivity index (χ0) is 15.1. The molecule has 1 N–H and O–H groups in total. The maximum Gasteiger partial charge on any atom is 0.119 e. The molecule has 21 heavy (non-hydrogen) atoms. The zero-order valence-corrected chi connectivity index (χ0v) is 14.2. The molecule has 0 spiro atoms. The Hall–Kier alpha value is -1.32. The van der Waals surface area contributed by atoms with Crippen molar-refractivity contribution < 1.29 is 4.74 Å². The van der Waals surface area contributed by atoms with Gasteiger partial charge in [0.2, 0.25) is 0 Å². The van der Waals surface area contributed by atoms with E-state index < -0.39 is 0 Å². The van der Waals surface area contributed by atoms with Gasteiger partial charge in [0.15, 0.2) is 0 Å². The van der Waals surface area contributed by atoms with Crippen molar-refractivity contribution in [3.8, 4) is 5.75 Å². The lowest BCUT2D eigenvalue weighted by Crippen LogP contribution is -2.23. The maximum absolute atomic E-state index is 5.51. The van der Waals surface area contributed by atoms with Crippen LogP contribution in [0.4, 0.5) is 0 Å². The van der Waals surface area contributed by atoms with Gasteiger partial charge in [0.05, 0.1) is 6.61 Å². The van der Waals surface area contributed by atoms with E-state index in [2.05, 4.69) is 58.5 Å². The van der Waals surface area contributed by atoms with Crippen LogP contribution in [-0.4, -0.2) is 13.2 Å². The number of nitrogens with one attached hydrogen (secondary N) is 1. The summed E-state index contributed by atoms with van der Waals surface area (Å²) >= 11 is 3.63. The highest BCUT2D eigenvalue weighted by Gasteiger charge is 2.12. The summed E-state index contributed by atoms with van der Waals surface area (Å²) in [5.74, 6) is 0.928. The Bertz CT molecular complexity index is 553. The van der Waals surface area contributed by atoms with Crippen LogP contribution in [0.3, 0.4) is 0 Å². The summed E-state index contributed by atoms with van der Waals surface area (Å²) in [5.41, 5.74) is 2.60. The monoisotopic (exact) mass is 347 g/mol. The number of hydrogen-bond acceptors (Lipinski definition) is 2. The predicted molar refractivity (Wildman–Crippen MR) is 91.9 cm³/mol. The first kappa shape index (κ1) is 16.1. The van der Waals surface area contributed by atoms with Crippen molar-refractivity contribution in [3.05, 3.63) is 64.1 Å². The van der Waals surface area contributed by atoms with E-state index >= 15 is 0 Å². The van der Waals surface area contributed by atoms with Gasteiger partial charge in [-0.2, -0.15) is 0 Å². The number of halogens is 1. The van der Waals surface area contributed by atoms with Crippen molar-refractivity contribution in [3.63, 3.8) is 0 Å². The molecule has 112 valence electrons. The lowest BCUT2D eigenvalue weighted by molar-refractivity contribution is 0.340. The van der Waals surface area contributed by atoms with Gasteiger partial charge in [0.1, 0.15) is 5.75 Å². The van der Waals surface area contributed by atoms with E-state index in [1.54, 1.807) is 0 Å². The van der Waals surface area contributed by atoms with Crippen LogP contribution in [0.25, 0.3) is 0 Å². The summed E-state index contributed by atoms with van der Waals surface area (Å²) in [5, 5.41) is 3.56. The minimum atomic E-state index is 0.310. The lowest BCUT2D eigenvalue weighted by atomic mass is 9.98. The molecule has 2 nitrogen and oxygen atoms in total. The Morgan fingerprint density at radius 2 is 1.76 bits per heavy atom. The lowest BCUT2D eigenvalue weighted by Gasteiger charge is -2.19. The summed E-state index contributed by atoms with van der Waals surface area (Å²) in [4.78, 5) is 0. The van der Waals surface area contributed by atoms with Crippen LogP contribution in [0, 0.1) is 0 Å². The third-order valence-corrected chi connectivity index (χ3v) is 4.20. The second-order valence-corrected chi connectivity index (χ2v) is 5.76. The molecule has 2 rings (SSSR count). The fraction of sp³-hybridized carbons (Fsp3) is 0.333. The molecule has 0 aliphatic carbocycles. The molecular weight excluding hydrogens is 326 g/mol. The molecular formula is C18H22BrNO. The van der Waals surface area contributed by atoms with Crippen molar-refractivity contribution in [2.75, 3.05) is 13.2 Å². The number of benzene rings is 2. The van der Waals surface area contributed by atoms with Gasteiger partial charge in [-0.05, 0) is 49.2 Å². The van der Waals surface area contributed by atoms with Gasteiger partial charge in [-0.1, -0.05) is 53.2 Å². The Balaban J connectivity index is 2.16. The molecule has 0 fully saturated rings. The summed E-state index contributed by atoms with van der Waals surface area (Å²) in [7, 11) is 0. The molecule has 0 bridgehead atoms. The fourth-order valence-electron chi connectivity index (χ4n) is 2.40. The minimum absolute atomic E-state index is 0.310. The standard InChI is InChI=1S/C18H22BrNO/c1-3-20-18(13-15-7-5-6-8-17(15)19)14-9-11-16(12-10-14)21-4-2/h5-12,18,20H,3-4,13H2,1-2H3. The quantitative estimate of drug-likeness (QED) is 0.780. The van der Waals surface area contributed by atoms with Gasteiger partial charge in [0, 0.05) is 10.5 Å². The Morgan fingerprint density at radius 1 is 1.05 bits per heavy atom. The Morgan fingerprint density at radius 3 is 2.38 bits per heavy atom. The van der Waals surface area contributed by atoms with Gasteiger partial charge >= 0.3 is 0 Å². The Kier molecular flexibility index (Phi) is 6.27. The molecule has 0 aliphatic rings. The first-order chi connectivity index (χ1) is 10.2. The topological polar surface area (TPSA) is 21.3 Å². The van der Waals surface area contributed by atoms with E-state index in [-0.39, 0.29) is 0 Å². The van der Waals surface area contributed by atoms with E-state index in [0.717, 1.165) is 18.7 Å². The molecule has 2 aromatic carbocycles. The predicted octanol–water partition coefficient (Wildman–Crippen LogP) is 4.74. The average Bonchev–Trinajstić information content (AvgIpc) is 2.50. The molecule has 0 saturated carbocycles. The molecule has 2 aromatic rings. The zero-order valence-electron chi connectivity index (χ0n) is 12.6. The van der Waals surface area contributed by atoms with E-state index in [4.69, 9.17) is 4.74 Å². The van der Waals surface area contributed by atoms with E-state index in [9.17, 15) is 0 Å². The van der Waals surface area contributed by atoms with Crippen molar-refractivity contribution in [1.29, 1.82) is 0 Å². The number of rotatable bonds is 7. The first-order valence-electron chi connectivity index (χ1n) is 7.44. The van der Waals surface area contributed by atoms with E-state index in [1.165, 1.54) is 15.6 Å². The minimum Gasteiger partial charge on any atom is -0.494 e. The third-order valence-electron chi connectivity index (χ3n) is 3.43. The van der Waals surface area contributed by atoms with Crippen LogP contribution in [0.15, 0.2) is 53.0 Å². The van der Waals surface area contributed by atoms with Crippen molar-refractivity contribution in [2.45, 2.75) is 26.3 Å². The second kappa shape index (κ2) is 8.20. The van der Waals surface area contributed by atoms with Crippen LogP contribution in [0.5, 0.6) is 5.75 Å². The molecule has 0 aromatic heterocycles. The largest absolute Gasteiger partial charge is 0.494 e. The Labute approximate surface area is 135 Å². The third kappa shape index (κ3) is 4.58. The highest BCUT2D eigenvalue weighted by atomic mass is 79.9. The van der Waals surface area contributed by atoms with Gasteiger partial charge in [0.25, 0.3) is 0 Å². The van der Waals surface area contributed by atoms with Crippen LogP contribution in [0.2, 0.25) is 0 Å². The van der Waals surface area contributed by atoms with Gasteiger partial charge in [-0.15, -0.1) is 0 Å². The summed E-state index contributed by atoms with van der Waals surface area (Å²) in [6, 6.07) is 17.1. The van der Waals surface area contributed by atoms with Crippen LogP contribution in [0.1, 0.15) is 31.0 Å². The first-order valence-corrected chi connectivity index (χ1v) is 8.23. The van der Waals surface area contributed by atoms with Gasteiger partial charge < -0.3 is 10.1 Å². The normalized spacial score (nSPS) is 12.1. The molecule has 0 heterocycles. The fourth-order valence-corrected chi connectivity index (χ4v) is 2.85. The van der Waals surface area contributed by atoms with Crippen LogP contribution in [-0.2, 0) is 6.42 Å². The number of hydrogen-bond donors (Lipinski definition) is 1. The SMILES string of the molecule is CCNC(Cc1ccccc1Br)c1ccc(OCC)cc1. The van der Waals surface area contributed by atoms with Crippen molar-refractivity contribution in [2.24, 2.45) is 0 Å². The maximum atomic E-state index is 5.51. The average molecular weight is 348 g/mol. The molecule has 1 atom stereocenters. The summed E-state index contributed by atoms with van der Waals surface area (Å²) in [6.45, 7) is 5.79. The second-order valence-electron chi connectivity index (χ2n) is 4.91. The molecule has 1 unspecified atom stereocenters. The van der Waals surface area contributed by atoms with E-state index in [1.807, 2.05) is 25.1 Å². The van der Waals surface area contributed by atoms with Crippen LogP contribution >= 0.6 is 15.9 Å². The molecule has 0 aliphatic heterocycles. The molecule has 0 radical (unpaired) electrons. The smallest absolute Gasteiger partial charge is 0.119 e.